The summed E-state index contributed by atoms with van der Waals surface area (Å²) in [6.07, 6.45) is 9.52. The molecule has 0 aliphatic heterocycles. The second-order valence-electron chi connectivity index (χ2n) is 10.1. The third-order valence-electron chi connectivity index (χ3n) is 6.43. The minimum absolute atomic E-state index is 0.0879. The Balaban J connectivity index is 1.74. The lowest BCUT2D eigenvalue weighted by molar-refractivity contribution is 0.237. The maximum Gasteiger partial charge on any atom is 0.177 e. The number of anilines is 1. The molecule has 2 aromatic carbocycles. The Kier molecular flexibility index (Phi) is 7.56. The molecule has 1 fully saturated rings. The number of tetrazole rings is 1. The van der Waals surface area contributed by atoms with Gasteiger partial charge in [0.25, 0.3) is 0 Å². The summed E-state index contributed by atoms with van der Waals surface area (Å²) in [6, 6.07) is 13.3. The van der Waals surface area contributed by atoms with Crippen LogP contribution in [0.4, 0.5) is 5.69 Å². The molecule has 0 spiro atoms. The van der Waals surface area contributed by atoms with Gasteiger partial charge in [-0.05, 0) is 70.6 Å². The first-order chi connectivity index (χ1) is 16.2. The van der Waals surface area contributed by atoms with Crippen LogP contribution in [0.3, 0.4) is 0 Å². The second kappa shape index (κ2) is 10.3. The largest absolute Gasteiger partial charge is 0.373 e. The van der Waals surface area contributed by atoms with Gasteiger partial charge in [0.05, 0.1) is 11.6 Å². The Morgan fingerprint density at radius 2 is 1.65 bits per heavy atom. The second-order valence-corrected chi connectivity index (χ2v) is 11.3. The van der Waals surface area contributed by atoms with Crippen molar-refractivity contribution in [1.82, 2.24) is 20.2 Å². The lowest BCUT2D eigenvalue weighted by Crippen LogP contribution is -2.42. The SMILES string of the molecule is CC(C)(C)C(C=Cc1ccc(Cl)cc1Cl)n1nnnc1C1(Nc2ccc(Cl)cc2)CCCCC1. The molecule has 1 heterocycles. The van der Waals surface area contributed by atoms with Gasteiger partial charge in [0, 0.05) is 20.8 Å². The average Bonchev–Trinajstić information content (AvgIpc) is 3.27. The van der Waals surface area contributed by atoms with Crippen LogP contribution in [0.1, 0.15) is 70.3 Å². The van der Waals surface area contributed by atoms with Crippen molar-refractivity contribution in [3.8, 4) is 0 Å². The van der Waals surface area contributed by atoms with Crippen LogP contribution >= 0.6 is 34.8 Å². The molecular formula is C26H30Cl3N5. The van der Waals surface area contributed by atoms with Crippen LogP contribution in [0.15, 0.2) is 48.5 Å². The smallest absolute Gasteiger partial charge is 0.177 e. The fraction of sp³-hybridized carbons (Fsp3) is 0.423. The molecule has 1 aliphatic rings. The summed E-state index contributed by atoms with van der Waals surface area (Å²) >= 11 is 18.6. The highest BCUT2D eigenvalue weighted by atomic mass is 35.5. The molecule has 180 valence electrons. The number of nitrogens with one attached hydrogen (secondary N) is 1. The van der Waals surface area contributed by atoms with Crippen LogP contribution in [0.25, 0.3) is 6.08 Å². The van der Waals surface area contributed by atoms with Crippen molar-refractivity contribution in [3.05, 3.63) is 75.0 Å². The highest BCUT2D eigenvalue weighted by Crippen LogP contribution is 2.42. The number of aromatic nitrogens is 4. The standard InChI is InChI=1S/C26H30Cl3N5/c1-25(2,3)23(14-8-18-7-9-20(28)17-22(18)29)34-24(31-32-33-34)26(15-5-4-6-16-26)30-21-12-10-19(27)11-13-21/h7-14,17,23,30H,4-6,15-16H2,1-3H3. The van der Waals surface area contributed by atoms with Gasteiger partial charge < -0.3 is 5.32 Å². The molecule has 0 amide bonds. The minimum atomic E-state index is -0.356. The zero-order valence-corrected chi connectivity index (χ0v) is 22.0. The lowest BCUT2D eigenvalue weighted by Gasteiger charge is -2.39. The molecule has 1 unspecified atom stereocenters. The van der Waals surface area contributed by atoms with E-state index in [0.29, 0.717) is 15.1 Å². The van der Waals surface area contributed by atoms with Gasteiger partial charge in [-0.1, -0.05) is 93.1 Å². The maximum absolute atomic E-state index is 6.43. The van der Waals surface area contributed by atoms with Gasteiger partial charge in [-0.3, -0.25) is 0 Å². The van der Waals surface area contributed by atoms with E-state index in [0.717, 1.165) is 42.8 Å². The molecule has 4 rings (SSSR count). The third kappa shape index (κ3) is 5.59. The molecule has 1 saturated carbocycles. The van der Waals surface area contributed by atoms with Gasteiger partial charge in [0.2, 0.25) is 0 Å². The topological polar surface area (TPSA) is 55.6 Å². The normalized spacial score (nSPS) is 17.1. The van der Waals surface area contributed by atoms with Crippen LogP contribution in [-0.2, 0) is 5.54 Å². The highest BCUT2D eigenvalue weighted by molar-refractivity contribution is 6.35. The van der Waals surface area contributed by atoms with Crippen LogP contribution in [0.2, 0.25) is 15.1 Å². The van der Waals surface area contributed by atoms with Gasteiger partial charge in [-0.15, -0.1) is 5.10 Å². The van der Waals surface area contributed by atoms with Gasteiger partial charge >= 0.3 is 0 Å². The van der Waals surface area contributed by atoms with E-state index >= 15 is 0 Å². The zero-order chi connectivity index (χ0) is 24.3. The van der Waals surface area contributed by atoms with Crippen LogP contribution < -0.4 is 5.32 Å². The number of hydrogen-bond donors (Lipinski definition) is 1. The summed E-state index contributed by atoms with van der Waals surface area (Å²) in [4.78, 5) is 0. The van der Waals surface area contributed by atoms with E-state index in [1.54, 1.807) is 6.07 Å². The van der Waals surface area contributed by atoms with E-state index in [4.69, 9.17) is 34.8 Å². The monoisotopic (exact) mass is 517 g/mol. The first-order valence-electron chi connectivity index (χ1n) is 11.6. The van der Waals surface area contributed by atoms with Crippen molar-refractivity contribution in [3.63, 3.8) is 0 Å². The summed E-state index contributed by atoms with van der Waals surface area (Å²) in [6.45, 7) is 6.57. The van der Waals surface area contributed by atoms with E-state index in [9.17, 15) is 0 Å². The van der Waals surface area contributed by atoms with Crippen molar-refractivity contribution < 1.29 is 0 Å². The molecule has 8 heteroatoms. The van der Waals surface area contributed by atoms with Crippen molar-refractivity contribution in [1.29, 1.82) is 0 Å². The van der Waals surface area contributed by atoms with Crippen molar-refractivity contribution in [2.45, 2.75) is 64.5 Å². The number of allylic oxidation sites excluding steroid dienone is 1. The van der Waals surface area contributed by atoms with Gasteiger partial charge in [-0.2, -0.15) is 0 Å². The molecule has 0 bridgehead atoms. The van der Waals surface area contributed by atoms with E-state index in [1.807, 2.05) is 47.2 Å². The molecule has 3 aromatic rings. The number of rotatable bonds is 6. The molecule has 1 atom stereocenters. The van der Waals surface area contributed by atoms with Crippen molar-refractivity contribution in [2.75, 3.05) is 5.32 Å². The maximum atomic E-state index is 6.43. The fourth-order valence-corrected chi connectivity index (χ4v) is 5.23. The highest BCUT2D eigenvalue weighted by Gasteiger charge is 2.41. The van der Waals surface area contributed by atoms with Crippen molar-refractivity contribution in [2.24, 2.45) is 5.41 Å². The molecule has 0 saturated heterocycles. The Morgan fingerprint density at radius 1 is 0.971 bits per heavy atom. The number of hydrogen-bond acceptors (Lipinski definition) is 4. The number of nitrogens with zero attached hydrogens (tertiary/aromatic N) is 4. The molecular weight excluding hydrogens is 489 g/mol. The van der Waals surface area contributed by atoms with Gasteiger partial charge in [0.1, 0.15) is 0 Å². The Labute approximate surface area is 216 Å². The summed E-state index contributed by atoms with van der Waals surface area (Å²) < 4.78 is 1.98. The van der Waals surface area contributed by atoms with Crippen LogP contribution in [-0.4, -0.2) is 20.2 Å². The summed E-state index contributed by atoms with van der Waals surface area (Å²) in [7, 11) is 0. The Morgan fingerprint density at radius 3 is 2.29 bits per heavy atom. The molecule has 1 N–H and O–H groups in total. The van der Waals surface area contributed by atoms with Crippen LogP contribution in [0, 0.1) is 5.41 Å². The minimum Gasteiger partial charge on any atom is -0.373 e. The molecule has 1 aromatic heterocycles. The molecule has 1 aliphatic carbocycles. The number of benzene rings is 2. The third-order valence-corrected chi connectivity index (χ3v) is 7.24. The predicted molar refractivity (Wildman–Crippen MR) is 142 cm³/mol. The predicted octanol–water partition coefficient (Wildman–Crippen LogP) is 8.21. The molecule has 34 heavy (non-hydrogen) atoms. The molecule has 5 nitrogen and oxygen atoms in total. The van der Waals surface area contributed by atoms with E-state index in [-0.39, 0.29) is 17.0 Å². The summed E-state index contributed by atoms with van der Waals surface area (Å²) in [5.41, 5.74) is 1.42. The Bertz CT molecular complexity index is 1140. The quantitative estimate of drug-likeness (QED) is 0.357. The first kappa shape index (κ1) is 25.0. The average molecular weight is 519 g/mol. The van der Waals surface area contributed by atoms with Crippen LogP contribution in [0.5, 0.6) is 0 Å². The summed E-state index contributed by atoms with van der Waals surface area (Å²) in [5.74, 6) is 0.855. The Hall–Kier alpha value is -2.08. The zero-order valence-electron chi connectivity index (χ0n) is 19.7. The van der Waals surface area contributed by atoms with E-state index in [1.165, 1.54) is 6.42 Å². The number of halogens is 3. The van der Waals surface area contributed by atoms with Gasteiger partial charge in [0.15, 0.2) is 5.82 Å². The first-order valence-corrected chi connectivity index (χ1v) is 12.8. The molecule has 0 radical (unpaired) electrons. The van der Waals surface area contributed by atoms with E-state index < -0.39 is 0 Å². The van der Waals surface area contributed by atoms with Gasteiger partial charge in [-0.25, -0.2) is 4.68 Å². The van der Waals surface area contributed by atoms with E-state index in [2.05, 4.69) is 47.7 Å². The lowest BCUT2D eigenvalue weighted by atomic mass is 9.79. The van der Waals surface area contributed by atoms with Crippen molar-refractivity contribution >= 4 is 46.6 Å². The fourth-order valence-electron chi connectivity index (χ4n) is 4.63. The summed E-state index contributed by atoms with van der Waals surface area (Å²) in [5, 5.41) is 18.9.